The zero-order valence-electron chi connectivity index (χ0n) is 14.2. The van der Waals surface area contributed by atoms with Gasteiger partial charge in [0.1, 0.15) is 5.60 Å². The van der Waals surface area contributed by atoms with Crippen molar-refractivity contribution in [2.75, 3.05) is 25.1 Å². The molecule has 5 nitrogen and oxygen atoms in total. The van der Waals surface area contributed by atoms with Gasteiger partial charge in [0.25, 0.3) is 0 Å². The number of aliphatic hydroxyl groups excluding tert-OH is 1. The van der Waals surface area contributed by atoms with Crippen LogP contribution in [0, 0.1) is 0 Å². The van der Waals surface area contributed by atoms with Crippen LogP contribution in [-0.2, 0) is 4.74 Å². The first-order valence-corrected chi connectivity index (χ1v) is 7.76. The molecule has 1 N–H and O–H groups in total. The van der Waals surface area contributed by atoms with Crippen molar-refractivity contribution >= 4 is 22.6 Å². The third-order valence-electron chi connectivity index (χ3n) is 3.44. The highest BCUT2D eigenvalue weighted by Crippen LogP contribution is 2.25. The maximum absolute atomic E-state index is 12.4. The Morgan fingerprint density at radius 1 is 1.30 bits per heavy atom. The van der Waals surface area contributed by atoms with E-state index in [4.69, 9.17) is 9.84 Å². The van der Waals surface area contributed by atoms with Crippen LogP contribution in [0.15, 0.2) is 30.5 Å². The van der Waals surface area contributed by atoms with Crippen molar-refractivity contribution < 1.29 is 14.6 Å². The topological polar surface area (TPSA) is 62.7 Å². The highest BCUT2D eigenvalue weighted by atomic mass is 16.6. The Bertz CT molecular complexity index is 692. The maximum atomic E-state index is 12.4. The molecule has 0 bridgehead atoms. The lowest BCUT2D eigenvalue weighted by Crippen LogP contribution is -2.24. The third kappa shape index (κ3) is 4.42. The number of carbonyl (C=O) groups is 1. The van der Waals surface area contributed by atoms with Crippen LogP contribution in [0.5, 0.6) is 0 Å². The highest BCUT2D eigenvalue weighted by Gasteiger charge is 2.20. The fraction of sp³-hybridized carbons (Fsp3) is 0.444. The molecule has 5 heteroatoms. The van der Waals surface area contributed by atoms with Gasteiger partial charge < -0.3 is 14.7 Å². The van der Waals surface area contributed by atoms with Gasteiger partial charge in [-0.2, -0.15) is 0 Å². The maximum Gasteiger partial charge on any atom is 0.339 e. The monoisotopic (exact) mass is 316 g/mol. The number of hydrogen-bond acceptors (Lipinski definition) is 5. The second-order valence-electron chi connectivity index (χ2n) is 6.56. The second kappa shape index (κ2) is 6.96. The van der Waals surface area contributed by atoms with Crippen molar-refractivity contribution in [3.05, 3.63) is 36.0 Å². The number of rotatable bonds is 5. The molecule has 0 fully saturated rings. The largest absolute Gasteiger partial charge is 0.456 e. The molecule has 1 aromatic heterocycles. The fourth-order valence-electron chi connectivity index (χ4n) is 2.32. The number of hydrogen-bond donors (Lipinski definition) is 1. The third-order valence-corrected chi connectivity index (χ3v) is 3.44. The molecule has 1 aromatic carbocycles. The molecule has 0 spiro atoms. The SMILES string of the molecule is CN(CCCO)c1ccc2nccc(C(=O)OC(C)(C)C)c2c1. The van der Waals surface area contributed by atoms with E-state index in [0.29, 0.717) is 12.0 Å². The quantitative estimate of drug-likeness (QED) is 0.859. The molecule has 0 radical (unpaired) electrons. The molecule has 0 saturated carbocycles. The minimum atomic E-state index is -0.539. The van der Waals surface area contributed by atoms with Gasteiger partial charge in [0.15, 0.2) is 0 Å². The van der Waals surface area contributed by atoms with E-state index in [1.807, 2.05) is 50.9 Å². The lowest BCUT2D eigenvalue weighted by Gasteiger charge is -2.21. The molecule has 23 heavy (non-hydrogen) atoms. The number of pyridine rings is 1. The van der Waals surface area contributed by atoms with Gasteiger partial charge in [0, 0.05) is 37.5 Å². The molecule has 0 aliphatic rings. The van der Waals surface area contributed by atoms with Crippen LogP contribution in [0.3, 0.4) is 0 Å². The number of aromatic nitrogens is 1. The number of benzene rings is 1. The lowest BCUT2D eigenvalue weighted by molar-refractivity contribution is 0.00718. The van der Waals surface area contributed by atoms with E-state index in [1.165, 1.54) is 0 Å². The molecule has 0 aliphatic heterocycles. The Kier molecular flexibility index (Phi) is 5.21. The first-order valence-electron chi connectivity index (χ1n) is 7.76. The summed E-state index contributed by atoms with van der Waals surface area (Å²) in [6, 6.07) is 7.49. The summed E-state index contributed by atoms with van der Waals surface area (Å²) in [4.78, 5) is 18.8. The zero-order valence-corrected chi connectivity index (χ0v) is 14.2. The van der Waals surface area contributed by atoms with E-state index < -0.39 is 5.60 Å². The van der Waals surface area contributed by atoms with Gasteiger partial charge in [-0.1, -0.05) is 0 Å². The van der Waals surface area contributed by atoms with Gasteiger partial charge in [-0.25, -0.2) is 4.79 Å². The minimum absolute atomic E-state index is 0.155. The molecule has 0 atom stereocenters. The van der Waals surface area contributed by atoms with Gasteiger partial charge in [0.2, 0.25) is 0 Å². The van der Waals surface area contributed by atoms with Crippen LogP contribution < -0.4 is 4.90 Å². The standard InChI is InChI=1S/C18H24N2O3/c1-18(2,3)23-17(22)14-8-9-19-16-7-6-13(12-15(14)16)20(4)10-5-11-21/h6-9,12,21H,5,10-11H2,1-4H3. The van der Waals surface area contributed by atoms with Gasteiger partial charge in [-0.05, 0) is 51.5 Å². The van der Waals surface area contributed by atoms with E-state index in [-0.39, 0.29) is 12.6 Å². The molecule has 0 saturated heterocycles. The van der Waals surface area contributed by atoms with Gasteiger partial charge >= 0.3 is 5.97 Å². The Labute approximate surface area is 136 Å². The van der Waals surface area contributed by atoms with Crippen molar-refractivity contribution in [3.63, 3.8) is 0 Å². The number of fused-ring (bicyclic) bond motifs is 1. The number of anilines is 1. The van der Waals surface area contributed by atoms with Crippen molar-refractivity contribution in [2.45, 2.75) is 32.8 Å². The lowest BCUT2D eigenvalue weighted by atomic mass is 10.1. The van der Waals surface area contributed by atoms with E-state index >= 15 is 0 Å². The van der Waals surface area contributed by atoms with E-state index in [2.05, 4.69) is 4.98 Å². The van der Waals surface area contributed by atoms with Crippen LogP contribution in [-0.4, -0.2) is 41.9 Å². The van der Waals surface area contributed by atoms with Crippen molar-refractivity contribution in [1.82, 2.24) is 4.98 Å². The van der Waals surface area contributed by atoms with Crippen LogP contribution >= 0.6 is 0 Å². The number of carbonyl (C=O) groups excluding carboxylic acids is 1. The molecule has 124 valence electrons. The number of nitrogens with zero attached hydrogens (tertiary/aromatic N) is 2. The Morgan fingerprint density at radius 2 is 2.04 bits per heavy atom. The Morgan fingerprint density at radius 3 is 2.70 bits per heavy atom. The summed E-state index contributed by atoms with van der Waals surface area (Å²) in [6.45, 7) is 6.44. The zero-order chi connectivity index (χ0) is 17.0. The summed E-state index contributed by atoms with van der Waals surface area (Å²) in [5, 5.41) is 9.73. The van der Waals surface area contributed by atoms with E-state index in [0.717, 1.165) is 23.1 Å². The van der Waals surface area contributed by atoms with E-state index in [9.17, 15) is 4.79 Å². The first kappa shape index (κ1) is 17.2. The molecule has 0 aliphatic carbocycles. The number of esters is 1. The second-order valence-corrected chi connectivity index (χ2v) is 6.56. The van der Waals surface area contributed by atoms with Crippen LogP contribution in [0.2, 0.25) is 0 Å². The highest BCUT2D eigenvalue weighted by molar-refractivity contribution is 6.04. The summed E-state index contributed by atoms with van der Waals surface area (Å²) >= 11 is 0. The van der Waals surface area contributed by atoms with Crippen LogP contribution in [0.25, 0.3) is 10.9 Å². The minimum Gasteiger partial charge on any atom is -0.456 e. The Hall–Kier alpha value is -2.14. The molecule has 1 heterocycles. The smallest absolute Gasteiger partial charge is 0.339 e. The average molecular weight is 316 g/mol. The van der Waals surface area contributed by atoms with Crippen molar-refractivity contribution in [1.29, 1.82) is 0 Å². The molecule has 2 rings (SSSR count). The summed E-state index contributed by atoms with van der Waals surface area (Å²) < 4.78 is 5.48. The fourth-order valence-corrected chi connectivity index (χ4v) is 2.32. The summed E-state index contributed by atoms with van der Waals surface area (Å²) in [5.41, 5.74) is 1.71. The molecule has 0 amide bonds. The molecule has 2 aromatic rings. The predicted molar refractivity (Wildman–Crippen MR) is 91.9 cm³/mol. The van der Waals surface area contributed by atoms with Crippen molar-refractivity contribution in [3.8, 4) is 0 Å². The average Bonchev–Trinajstić information content (AvgIpc) is 2.49. The van der Waals surface area contributed by atoms with Crippen LogP contribution in [0.1, 0.15) is 37.6 Å². The summed E-state index contributed by atoms with van der Waals surface area (Å²) in [5.74, 6) is -0.347. The van der Waals surface area contributed by atoms with Crippen LogP contribution in [0.4, 0.5) is 5.69 Å². The van der Waals surface area contributed by atoms with Gasteiger partial charge in [-0.3, -0.25) is 4.98 Å². The predicted octanol–water partition coefficient (Wildman–Crippen LogP) is 3.01. The number of ether oxygens (including phenoxy) is 1. The van der Waals surface area contributed by atoms with Crippen molar-refractivity contribution in [2.24, 2.45) is 0 Å². The molecule has 0 unspecified atom stereocenters. The first-order chi connectivity index (χ1) is 10.8. The number of aliphatic hydroxyl groups is 1. The molecular weight excluding hydrogens is 292 g/mol. The Balaban J connectivity index is 2.40. The van der Waals surface area contributed by atoms with Gasteiger partial charge in [0.05, 0.1) is 11.1 Å². The normalized spacial score (nSPS) is 11.5. The summed E-state index contributed by atoms with van der Waals surface area (Å²) in [6.07, 6.45) is 2.32. The van der Waals surface area contributed by atoms with Gasteiger partial charge in [-0.15, -0.1) is 0 Å². The summed E-state index contributed by atoms with van der Waals surface area (Å²) in [7, 11) is 1.96. The molecular formula is C18H24N2O3. The van der Waals surface area contributed by atoms with E-state index in [1.54, 1.807) is 12.3 Å².